The number of thioether (sulfide) groups is 1. The second-order valence-electron chi connectivity index (χ2n) is 6.83. The number of ketones is 1. The van der Waals surface area contributed by atoms with Crippen LogP contribution >= 0.6 is 11.8 Å². The van der Waals surface area contributed by atoms with E-state index in [0.29, 0.717) is 48.2 Å². The summed E-state index contributed by atoms with van der Waals surface area (Å²) in [5.41, 5.74) is 2.29. The molecule has 1 amide bonds. The molecule has 2 heterocycles. The van der Waals surface area contributed by atoms with E-state index >= 15 is 0 Å². The van der Waals surface area contributed by atoms with Gasteiger partial charge in [0.2, 0.25) is 5.91 Å². The number of oxazole rings is 1. The van der Waals surface area contributed by atoms with E-state index in [4.69, 9.17) is 4.42 Å². The molecule has 1 fully saturated rings. The van der Waals surface area contributed by atoms with Gasteiger partial charge in [0.25, 0.3) is 5.22 Å². The van der Waals surface area contributed by atoms with Gasteiger partial charge < -0.3 is 14.2 Å². The number of fused-ring (bicyclic) bond motifs is 1. The highest BCUT2D eigenvalue weighted by molar-refractivity contribution is 7.99. The van der Waals surface area contributed by atoms with Crippen molar-refractivity contribution in [2.45, 2.75) is 12.1 Å². The van der Waals surface area contributed by atoms with Crippen molar-refractivity contribution in [1.82, 2.24) is 9.88 Å². The van der Waals surface area contributed by atoms with Crippen LogP contribution in [0.15, 0.2) is 52.1 Å². The molecule has 0 N–H and O–H groups in total. The Balaban J connectivity index is 1.32. The first-order valence-corrected chi connectivity index (χ1v) is 10.3. The van der Waals surface area contributed by atoms with Crippen LogP contribution in [0.25, 0.3) is 11.1 Å². The van der Waals surface area contributed by atoms with Crippen molar-refractivity contribution >= 4 is 40.2 Å². The minimum Gasteiger partial charge on any atom is -0.431 e. The summed E-state index contributed by atoms with van der Waals surface area (Å²) in [7, 11) is 0. The fourth-order valence-electron chi connectivity index (χ4n) is 3.31. The van der Waals surface area contributed by atoms with E-state index in [0.717, 1.165) is 5.52 Å². The third-order valence-corrected chi connectivity index (χ3v) is 5.73. The van der Waals surface area contributed by atoms with E-state index in [2.05, 4.69) is 4.98 Å². The first-order chi connectivity index (χ1) is 14.0. The van der Waals surface area contributed by atoms with Crippen molar-refractivity contribution < 1.29 is 18.4 Å². The molecule has 0 spiro atoms. The normalized spacial score (nSPS) is 14.4. The molecule has 8 heteroatoms. The minimum atomic E-state index is -0.413. The van der Waals surface area contributed by atoms with Gasteiger partial charge >= 0.3 is 0 Å². The monoisotopic (exact) mass is 413 g/mol. The molecule has 150 valence electrons. The standard InChI is InChI=1S/C21H20FN3O3S/c1-14(26)15-6-7-18(16(22)12-15)24-8-10-25(11-9-24)20(27)13-29-21-23-17-4-2-3-5-19(17)28-21/h2-7,12H,8-11,13H2,1H3. The zero-order valence-electron chi connectivity index (χ0n) is 15.9. The Hall–Kier alpha value is -2.87. The Kier molecular flexibility index (Phi) is 5.53. The summed E-state index contributed by atoms with van der Waals surface area (Å²) in [4.78, 5) is 31.9. The number of Topliss-reactive ketones (excluding diaryl/α,β-unsaturated/α-hetero) is 1. The molecule has 2 aromatic carbocycles. The number of benzene rings is 2. The lowest BCUT2D eigenvalue weighted by atomic mass is 10.1. The Morgan fingerprint density at radius 1 is 1.14 bits per heavy atom. The average molecular weight is 413 g/mol. The number of aromatic nitrogens is 1. The number of hydrogen-bond acceptors (Lipinski definition) is 6. The SMILES string of the molecule is CC(=O)c1ccc(N2CCN(C(=O)CSc3nc4ccccc4o3)CC2)c(F)c1. The molecule has 6 nitrogen and oxygen atoms in total. The van der Waals surface area contributed by atoms with Crippen molar-refractivity contribution in [2.75, 3.05) is 36.8 Å². The number of piperazine rings is 1. The number of rotatable bonds is 5. The summed E-state index contributed by atoms with van der Waals surface area (Å²) in [6, 6.07) is 12.0. The maximum atomic E-state index is 14.4. The van der Waals surface area contributed by atoms with Crippen LogP contribution in [0.3, 0.4) is 0 Å². The highest BCUT2D eigenvalue weighted by Gasteiger charge is 2.23. The Bertz CT molecular complexity index is 1030. The molecular formula is C21H20FN3O3S. The molecule has 0 saturated carbocycles. The maximum Gasteiger partial charge on any atom is 0.257 e. The zero-order valence-corrected chi connectivity index (χ0v) is 16.7. The molecule has 4 rings (SSSR count). The lowest BCUT2D eigenvalue weighted by Gasteiger charge is -2.36. The van der Waals surface area contributed by atoms with Crippen LogP contribution in [-0.2, 0) is 4.79 Å². The number of nitrogens with zero attached hydrogens (tertiary/aromatic N) is 3. The second-order valence-corrected chi connectivity index (χ2v) is 7.75. The summed E-state index contributed by atoms with van der Waals surface area (Å²) in [5.74, 6) is -0.329. The van der Waals surface area contributed by atoms with Gasteiger partial charge in [0.1, 0.15) is 11.3 Å². The number of hydrogen-bond donors (Lipinski definition) is 0. The molecule has 0 unspecified atom stereocenters. The molecule has 1 aliphatic heterocycles. The summed E-state index contributed by atoms with van der Waals surface area (Å²) < 4.78 is 20.0. The Morgan fingerprint density at radius 2 is 1.90 bits per heavy atom. The van der Waals surface area contributed by atoms with Gasteiger partial charge in [0.15, 0.2) is 11.4 Å². The second kappa shape index (κ2) is 8.24. The highest BCUT2D eigenvalue weighted by Crippen LogP contribution is 2.25. The van der Waals surface area contributed by atoms with E-state index in [1.165, 1.54) is 24.8 Å². The van der Waals surface area contributed by atoms with Crippen LogP contribution < -0.4 is 4.90 Å². The van der Waals surface area contributed by atoms with E-state index in [1.807, 2.05) is 29.2 Å². The first kappa shape index (κ1) is 19.4. The topological polar surface area (TPSA) is 66.7 Å². The van der Waals surface area contributed by atoms with Gasteiger partial charge in [-0.3, -0.25) is 9.59 Å². The zero-order chi connectivity index (χ0) is 20.4. The largest absolute Gasteiger partial charge is 0.431 e. The smallest absolute Gasteiger partial charge is 0.257 e. The van der Waals surface area contributed by atoms with Crippen LogP contribution in [0, 0.1) is 5.82 Å². The van der Waals surface area contributed by atoms with E-state index in [1.54, 1.807) is 17.0 Å². The number of amides is 1. The van der Waals surface area contributed by atoms with Gasteiger partial charge in [-0.1, -0.05) is 23.9 Å². The summed E-state index contributed by atoms with van der Waals surface area (Å²) in [6.07, 6.45) is 0. The summed E-state index contributed by atoms with van der Waals surface area (Å²) in [5, 5.41) is 0.478. The van der Waals surface area contributed by atoms with Crippen molar-refractivity contribution in [3.63, 3.8) is 0 Å². The number of carbonyl (C=O) groups excluding carboxylic acids is 2. The van der Waals surface area contributed by atoms with Gasteiger partial charge in [-0.25, -0.2) is 9.37 Å². The highest BCUT2D eigenvalue weighted by atomic mass is 32.2. The molecule has 1 aromatic heterocycles. The van der Waals surface area contributed by atoms with Gasteiger partial charge in [-0.05, 0) is 37.3 Å². The Morgan fingerprint density at radius 3 is 2.59 bits per heavy atom. The van der Waals surface area contributed by atoms with Crippen molar-refractivity contribution in [2.24, 2.45) is 0 Å². The summed E-state index contributed by atoms with van der Waals surface area (Å²) in [6.45, 7) is 3.52. The van der Waals surface area contributed by atoms with Crippen molar-refractivity contribution in [1.29, 1.82) is 0 Å². The molecule has 0 bridgehead atoms. The maximum absolute atomic E-state index is 14.4. The number of para-hydroxylation sites is 2. The van der Waals surface area contributed by atoms with Crippen LogP contribution in [0.5, 0.6) is 0 Å². The number of halogens is 1. The lowest BCUT2D eigenvalue weighted by Crippen LogP contribution is -2.49. The van der Waals surface area contributed by atoms with Crippen LogP contribution in [0.4, 0.5) is 10.1 Å². The van der Waals surface area contributed by atoms with Crippen LogP contribution in [0.1, 0.15) is 17.3 Å². The van der Waals surface area contributed by atoms with Gasteiger partial charge in [0.05, 0.1) is 11.4 Å². The predicted molar refractivity (Wildman–Crippen MR) is 110 cm³/mol. The van der Waals surface area contributed by atoms with Crippen molar-refractivity contribution in [3.8, 4) is 0 Å². The quantitative estimate of drug-likeness (QED) is 0.470. The fourth-order valence-corrected chi connectivity index (χ4v) is 4.05. The van der Waals surface area contributed by atoms with E-state index in [-0.39, 0.29) is 17.4 Å². The number of carbonyl (C=O) groups is 2. The third kappa shape index (κ3) is 4.27. The van der Waals surface area contributed by atoms with E-state index < -0.39 is 5.82 Å². The van der Waals surface area contributed by atoms with Crippen LogP contribution in [-0.4, -0.2) is 53.5 Å². The summed E-state index contributed by atoms with van der Waals surface area (Å²) >= 11 is 1.28. The first-order valence-electron chi connectivity index (χ1n) is 9.33. The van der Waals surface area contributed by atoms with Crippen LogP contribution in [0.2, 0.25) is 0 Å². The Labute approximate surface area is 171 Å². The molecule has 0 radical (unpaired) electrons. The molecule has 0 atom stereocenters. The van der Waals surface area contributed by atoms with Gasteiger partial charge in [0, 0.05) is 31.7 Å². The third-order valence-electron chi connectivity index (χ3n) is 4.92. The van der Waals surface area contributed by atoms with E-state index in [9.17, 15) is 14.0 Å². The minimum absolute atomic E-state index is 0.00399. The number of anilines is 1. The van der Waals surface area contributed by atoms with Gasteiger partial charge in [-0.2, -0.15) is 0 Å². The molecule has 1 aliphatic rings. The molecule has 1 saturated heterocycles. The molecule has 29 heavy (non-hydrogen) atoms. The predicted octanol–water partition coefficient (Wildman–Crippen LogP) is 3.61. The average Bonchev–Trinajstić information content (AvgIpc) is 3.15. The van der Waals surface area contributed by atoms with Crippen molar-refractivity contribution in [3.05, 3.63) is 53.8 Å². The van der Waals surface area contributed by atoms with Gasteiger partial charge in [-0.15, -0.1) is 0 Å². The molecule has 0 aliphatic carbocycles. The molecular weight excluding hydrogens is 393 g/mol. The lowest BCUT2D eigenvalue weighted by molar-refractivity contribution is -0.128. The fraction of sp³-hybridized carbons (Fsp3) is 0.286. The molecule has 3 aromatic rings.